The van der Waals surface area contributed by atoms with Crippen LogP contribution in [-0.4, -0.2) is 30.2 Å². The number of hydrogen-bond acceptors (Lipinski definition) is 4. The van der Waals surface area contributed by atoms with Crippen LogP contribution in [-0.2, 0) is 0 Å². The van der Waals surface area contributed by atoms with Crippen LogP contribution in [0.3, 0.4) is 0 Å². The lowest BCUT2D eigenvalue weighted by atomic mass is 10.3. The number of rotatable bonds is 6. The molecule has 1 saturated carbocycles. The number of nitrogens with zero attached hydrogens (tertiary/aromatic N) is 3. The highest BCUT2D eigenvalue weighted by Gasteiger charge is 2.27. The van der Waals surface area contributed by atoms with Gasteiger partial charge in [-0.1, -0.05) is 11.6 Å². The molecule has 0 unspecified atom stereocenters. The van der Waals surface area contributed by atoms with Crippen LogP contribution in [0.25, 0.3) is 0 Å². The fraction of sp³-hybridized carbons (Fsp3) is 0.375. The Morgan fingerprint density at radius 3 is 2.68 bits per heavy atom. The van der Waals surface area contributed by atoms with E-state index in [1.54, 1.807) is 18.2 Å². The molecule has 0 N–H and O–H groups in total. The predicted octanol–water partition coefficient (Wildman–Crippen LogP) is 3.66. The summed E-state index contributed by atoms with van der Waals surface area (Å²) in [6.45, 7) is 1.12. The highest BCUT2D eigenvalue weighted by Crippen LogP contribution is 2.39. The third-order valence-corrected chi connectivity index (χ3v) is 3.73. The first kappa shape index (κ1) is 15.0. The minimum absolute atomic E-state index is 0.271. The van der Waals surface area contributed by atoms with Crippen molar-refractivity contribution in [2.45, 2.75) is 18.8 Å². The van der Waals surface area contributed by atoms with E-state index in [4.69, 9.17) is 16.3 Å². The first-order chi connectivity index (χ1) is 10.6. The first-order valence-corrected chi connectivity index (χ1v) is 7.63. The van der Waals surface area contributed by atoms with Gasteiger partial charge in [0.1, 0.15) is 35.0 Å². The maximum absolute atomic E-state index is 12.8. The van der Waals surface area contributed by atoms with Crippen LogP contribution in [0.2, 0.25) is 5.15 Å². The maximum Gasteiger partial charge on any atom is 0.135 e. The second kappa shape index (κ2) is 6.48. The van der Waals surface area contributed by atoms with Gasteiger partial charge >= 0.3 is 0 Å². The summed E-state index contributed by atoms with van der Waals surface area (Å²) < 4.78 is 18.4. The van der Waals surface area contributed by atoms with Crippen LogP contribution in [0.1, 0.15) is 24.6 Å². The molecule has 6 heteroatoms. The standard InChI is InChI=1S/C16H17ClFN3O/c1-21(8-9-22-13-6-4-12(18)5-7-13)15-10-14(17)19-16(20-15)11-2-3-11/h4-7,10-11H,2-3,8-9H2,1H3. The highest BCUT2D eigenvalue weighted by molar-refractivity contribution is 6.29. The average molecular weight is 322 g/mol. The molecule has 3 rings (SSSR count). The molecule has 1 aliphatic carbocycles. The molecule has 0 radical (unpaired) electrons. The van der Waals surface area contributed by atoms with Gasteiger partial charge in [-0.2, -0.15) is 0 Å². The van der Waals surface area contributed by atoms with Gasteiger partial charge in [-0.05, 0) is 37.1 Å². The molecule has 1 aromatic carbocycles. The minimum atomic E-state index is -0.271. The molecule has 2 aromatic rings. The number of likely N-dealkylation sites (N-methyl/N-ethyl adjacent to an activating group) is 1. The van der Waals surface area contributed by atoms with Gasteiger partial charge in [-0.3, -0.25) is 0 Å². The van der Waals surface area contributed by atoms with E-state index >= 15 is 0 Å². The van der Waals surface area contributed by atoms with Crippen LogP contribution in [0.5, 0.6) is 5.75 Å². The fourth-order valence-corrected chi connectivity index (χ4v) is 2.27. The molecular weight excluding hydrogens is 305 g/mol. The van der Waals surface area contributed by atoms with Gasteiger partial charge in [-0.25, -0.2) is 14.4 Å². The SMILES string of the molecule is CN(CCOc1ccc(F)cc1)c1cc(Cl)nc(C2CC2)n1. The zero-order valence-corrected chi connectivity index (χ0v) is 13.1. The van der Waals surface area contributed by atoms with Gasteiger partial charge in [0.05, 0.1) is 6.54 Å². The Balaban J connectivity index is 1.57. The number of aromatic nitrogens is 2. The Morgan fingerprint density at radius 2 is 2.00 bits per heavy atom. The minimum Gasteiger partial charge on any atom is -0.492 e. The smallest absolute Gasteiger partial charge is 0.135 e. The summed E-state index contributed by atoms with van der Waals surface area (Å²) in [5.41, 5.74) is 0. The van der Waals surface area contributed by atoms with E-state index in [0.717, 1.165) is 24.5 Å². The molecule has 0 atom stereocenters. The molecule has 0 bridgehead atoms. The molecule has 22 heavy (non-hydrogen) atoms. The summed E-state index contributed by atoms with van der Waals surface area (Å²) in [6, 6.07) is 7.74. The van der Waals surface area contributed by atoms with Gasteiger partial charge in [0.2, 0.25) is 0 Å². The van der Waals surface area contributed by atoms with Crippen molar-refractivity contribution in [3.63, 3.8) is 0 Å². The molecule has 4 nitrogen and oxygen atoms in total. The Labute approximate surface area is 133 Å². The lowest BCUT2D eigenvalue weighted by Gasteiger charge is -2.19. The van der Waals surface area contributed by atoms with Crippen molar-refractivity contribution in [1.29, 1.82) is 0 Å². The van der Waals surface area contributed by atoms with Crippen molar-refractivity contribution >= 4 is 17.4 Å². The number of benzene rings is 1. The summed E-state index contributed by atoms with van der Waals surface area (Å²) in [4.78, 5) is 10.8. The summed E-state index contributed by atoms with van der Waals surface area (Å²) in [5.74, 6) is 2.46. The van der Waals surface area contributed by atoms with Crippen molar-refractivity contribution in [3.8, 4) is 5.75 Å². The number of halogens is 2. The molecule has 0 saturated heterocycles. The predicted molar refractivity (Wildman–Crippen MR) is 84.2 cm³/mol. The van der Waals surface area contributed by atoms with Crippen LogP contribution in [0, 0.1) is 5.82 Å². The summed E-state index contributed by atoms with van der Waals surface area (Å²) in [6.07, 6.45) is 2.27. The summed E-state index contributed by atoms with van der Waals surface area (Å²) in [7, 11) is 1.93. The maximum atomic E-state index is 12.8. The van der Waals surface area contributed by atoms with Gasteiger partial charge in [0, 0.05) is 19.0 Å². The van der Waals surface area contributed by atoms with E-state index in [0.29, 0.717) is 30.0 Å². The fourth-order valence-electron chi connectivity index (χ4n) is 2.09. The molecular formula is C16H17ClFN3O. The van der Waals surface area contributed by atoms with E-state index in [9.17, 15) is 4.39 Å². The van der Waals surface area contributed by atoms with Crippen LogP contribution in [0.15, 0.2) is 30.3 Å². The lowest BCUT2D eigenvalue weighted by Crippen LogP contribution is -2.25. The molecule has 1 aromatic heterocycles. The topological polar surface area (TPSA) is 38.2 Å². The third kappa shape index (κ3) is 3.85. The van der Waals surface area contributed by atoms with Crippen LogP contribution in [0.4, 0.5) is 10.2 Å². The quantitative estimate of drug-likeness (QED) is 0.761. The molecule has 0 aliphatic heterocycles. The molecule has 1 heterocycles. The van der Waals surface area contributed by atoms with Crippen molar-refractivity contribution in [2.75, 3.05) is 25.1 Å². The molecule has 1 aliphatic rings. The van der Waals surface area contributed by atoms with Gasteiger partial charge in [0.15, 0.2) is 0 Å². The molecule has 116 valence electrons. The highest BCUT2D eigenvalue weighted by atomic mass is 35.5. The van der Waals surface area contributed by atoms with E-state index in [-0.39, 0.29) is 5.82 Å². The Kier molecular flexibility index (Phi) is 4.43. The van der Waals surface area contributed by atoms with Gasteiger partial charge in [0.25, 0.3) is 0 Å². The van der Waals surface area contributed by atoms with Crippen molar-refractivity contribution in [1.82, 2.24) is 9.97 Å². The molecule has 1 fully saturated rings. The van der Waals surface area contributed by atoms with E-state index < -0.39 is 0 Å². The number of hydrogen-bond donors (Lipinski definition) is 0. The Hall–Kier alpha value is -1.88. The number of anilines is 1. The zero-order chi connectivity index (χ0) is 15.5. The van der Waals surface area contributed by atoms with Crippen LogP contribution >= 0.6 is 11.6 Å². The lowest BCUT2D eigenvalue weighted by molar-refractivity contribution is 0.325. The second-order valence-electron chi connectivity index (χ2n) is 5.41. The summed E-state index contributed by atoms with van der Waals surface area (Å²) in [5, 5.41) is 0.471. The molecule has 0 amide bonds. The van der Waals surface area contributed by atoms with Crippen molar-refractivity contribution in [3.05, 3.63) is 47.1 Å². The van der Waals surface area contributed by atoms with E-state index in [1.807, 2.05) is 11.9 Å². The third-order valence-electron chi connectivity index (χ3n) is 3.54. The van der Waals surface area contributed by atoms with Gasteiger partial charge < -0.3 is 9.64 Å². The van der Waals surface area contributed by atoms with Crippen molar-refractivity contribution < 1.29 is 9.13 Å². The largest absolute Gasteiger partial charge is 0.492 e. The van der Waals surface area contributed by atoms with E-state index in [1.165, 1.54) is 12.1 Å². The molecule has 0 spiro atoms. The average Bonchev–Trinajstić information content (AvgIpc) is 3.33. The normalized spacial score (nSPS) is 14.0. The number of ether oxygens (including phenoxy) is 1. The Bertz CT molecular complexity index is 646. The first-order valence-electron chi connectivity index (χ1n) is 7.26. The monoisotopic (exact) mass is 321 g/mol. The van der Waals surface area contributed by atoms with Gasteiger partial charge in [-0.15, -0.1) is 0 Å². The summed E-state index contributed by atoms with van der Waals surface area (Å²) >= 11 is 6.07. The van der Waals surface area contributed by atoms with E-state index in [2.05, 4.69) is 9.97 Å². The zero-order valence-electron chi connectivity index (χ0n) is 12.3. The Morgan fingerprint density at radius 1 is 1.27 bits per heavy atom. The van der Waals surface area contributed by atoms with Crippen LogP contribution < -0.4 is 9.64 Å². The second-order valence-corrected chi connectivity index (χ2v) is 5.79. The van der Waals surface area contributed by atoms with Crippen molar-refractivity contribution in [2.24, 2.45) is 0 Å².